The fraction of sp³-hybridized carbons (Fsp3) is 0. The number of pyridine rings is 1. The van der Waals surface area contributed by atoms with Gasteiger partial charge in [0.15, 0.2) is 0 Å². The highest BCUT2D eigenvalue weighted by Crippen LogP contribution is 2.36. The Balaban J connectivity index is 0.00000156. The molecule has 0 spiro atoms. The van der Waals surface area contributed by atoms with Gasteiger partial charge in [-0.2, -0.15) is 0 Å². The van der Waals surface area contributed by atoms with E-state index in [4.69, 9.17) is 16.5 Å². The van der Waals surface area contributed by atoms with Crippen molar-refractivity contribution in [3.05, 3.63) is 66.7 Å². The Hall–Kier alpha value is -2.78. The molecule has 0 saturated heterocycles. The van der Waals surface area contributed by atoms with Gasteiger partial charge in [-0.3, -0.25) is 0 Å². The molecule has 3 nitrogen and oxygen atoms in total. The fourth-order valence-electron chi connectivity index (χ4n) is 2.89. The largest absolute Gasteiger partial charge is 0.399 e. The number of anilines is 2. The highest BCUT2D eigenvalue weighted by molar-refractivity contribution is 6.10. The number of fused-ring (bicyclic) bond motifs is 2. The predicted molar refractivity (Wildman–Crippen MR) is 101 cm³/mol. The first-order chi connectivity index (χ1) is 10.7. The Kier molecular flexibility index (Phi) is 3.80. The molecule has 1 heterocycles. The van der Waals surface area contributed by atoms with Crippen molar-refractivity contribution < 1.29 is 0 Å². The second-order valence-corrected chi connectivity index (χ2v) is 5.41. The van der Waals surface area contributed by atoms with Crippen molar-refractivity contribution in [2.24, 2.45) is 0 Å². The lowest BCUT2D eigenvalue weighted by Crippen LogP contribution is -1.93. The van der Waals surface area contributed by atoms with E-state index >= 15 is 0 Å². The first-order valence-electron chi connectivity index (χ1n) is 7.16. The number of benzene rings is 3. The molecule has 0 amide bonds. The lowest BCUT2D eigenvalue weighted by Gasteiger charge is -2.12. The number of nitrogen functional groups attached to an aromatic ring is 2. The van der Waals surface area contributed by atoms with Gasteiger partial charge in [-0.1, -0.05) is 30.3 Å². The molecule has 0 unspecified atom stereocenters. The van der Waals surface area contributed by atoms with Crippen LogP contribution >= 0.6 is 12.4 Å². The van der Waals surface area contributed by atoms with Crippen molar-refractivity contribution >= 4 is 45.6 Å². The molecule has 0 saturated carbocycles. The van der Waals surface area contributed by atoms with Crippen LogP contribution in [0.25, 0.3) is 32.9 Å². The summed E-state index contributed by atoms with van der Waals surface area (Å²) in [7, 11) is 0. The summed E-state index contributed by atoms with van der Waals surface area (Å²) in [5, 5.41) is 2.09. The molecule has 4 heteroatoms. The smallest absolute Gasteiger partial charge is 0.0717 e. The molecule has 1 aromatic heterocycles. The van der Waals surface area contributed by atoms with Crippen LogP contribution in [-0.4, -0.2) is 4.98 Å². The minimum atomic E-state index is 0. The van der Waals surface area contributed by atoms with E-state index in [1.54, 1.807) is 0 Å². The van der Waals surface area contributed by atoms with Gasteiger partial charge < -0.3 is 11.5 Å². The summed E-state index contributed by atoms with van der Waals surface area (Å²) < 4.78 is 0. The molecule has 0 fully saturated rings. The molecule has 114 valence electrons. The van der Waals surface area contributed by atoms with Crippen LogP contribution in [0.4, 0.5) is 11.4 Å². The Labute approximate surface area is 140 Å². The SMILES string of the molecule is Cl.Nc1ccc2nc3ccc(N)cc3c(-c3ccccc3)c2c1. The Morgan fingerprint density at radius 1 is 0.652 bits per heavy atom. The maximum absolute atomic E-state index is 5.99. The molecule has 0 aliphatic rings. The summed E-state index contributed by atoms with van der Waals surface area (Å²) in [4.78, 5) is 4.73. The summed E-state index contributed by atoms with van der Waals surface area (Å²) in [5.41, 5.74) is 17.6. The predicted octanol–water partition coefficient (Wildman–Crippen LogP) is 4.64. The van der Waals surface area contributed by atoms with Crippen molar-refractivity contribution in [3.8, 4) is 11.1 Å². The number of rotatable bonds is 1. The molecule has 0 aliphatic heterocycles. The topological polar surface area (TPSA) is 64.9 Å². The van der Waals surface area contributed by atoms with Gasteiger partial charge in [0.2, 0.25) is 0 Å². The van der Waals surface area contributed by atoms with E-state index in [1.165, 1.54) is 0 Å². The van der Waals surface area contributed by atoms with Crippen LogP contribution in [0.1, 0.15) is 0 Å². The summed E-state index contributed by atoms with van der Waals surface area (Å²) in [6.07, 6.45) is 0. The first-order valence-corrected chi connectivity index (χ1v) is 7.16. The molecule has 4 N–H and O–H groups in total. The van der Waals surface area contributed by atoms with Gasteiger partial charge in [-0.15, -0.1) is 12.4 Å². The van der Waals surface area contributed by atoms with Crippen LogP contribution in [0.3, 0.4) is 0 Å². The van der Waals surface area contributed by atoms with Gasteiger partial charge in [0.1, 0.15) is 0 Å². The van der Waals surface area contributed by atoms with Crippen molar-refractivity contribution in [1.82, 2.24) is 4.98 Å². The third-order valence-corrected chi connectivity index (χ3v) is 3.88. The van der Waals surface area contributed by atoms with E-state index in [2.05, 4.69) is 12.1 Å². The Morgan fingerprint density at radius 3 is 1.70 bits per heavy atom. The molecule has 0 aliphatic carbocycles. The number of halogens is 1. The Morgan fingerprint density at radius 2 is 1.17 bits per heavy atom. The van der Waals surface area contributed by atoms with E-state index in [1.807, 2.05) is 54.6 Å². The molecule has 4 rings (SSSR count). The van der Waals surface area contributed by atoms with Crippen LogP contribution in [0.5, 0.6) is 0 Å². The third-order valence-electron chi connectivity index (χ3n) is 3.88. The van der Waals surface area contributed by atoms with Crippen LogP contribution in [0.2, 0.25) is 0 Å². The standard InChI is InChI=1S/C19H15N3.ClH/c20-13-6-8-17-15(10-13)19(12-4-2-1-3-5-12)16-11-14(21)7-9-18(16)22-17;/h1-11H,20-21H2;1H. The maximum atomic E-state index is 5.99. The minimum Gasteiger partial charge on any atom is -0.399 e. The fourth-order valence-corrected chi connectivity index (χ4v) is 2.89. The van der Waals surface area contributed by atoms with E-state index in [9.17, 15) is 0 Å². The normalized spacial score (nSPS) is 10.6. The number of nitrogens with zero attached hydrogens (tertiary/aromatic N) is 1. The third kappa shape index (κ3) is 2.56. The molecule has 3 aromatic carbocycles. The van der Waals surface area contributed by atoms with Crippen molar-refractivity contribution in [2.75, 3.05) is 11.5 Å². The summed E-state index contributed by atoms with van der Waals surface area (Å²) in [5.74, 6) is 0. The molecule has 0 atom stereocenters. The lowest BCUT2D eigenvalue weighted by atomic mass is 9.95. The highest BCUT2D eigenvalue weighted by Gasteiger charge is 2.11. The summed E-state index contributed by atoms with van der Waals surface area (Å²) in [6, 6.07) is 21.9. The molecular formula is C19H16ClN3. The molecule has 0 bridgehead atoms. The van der Waals surface area contributed by atoms with E-state index in [0.717, 1.165) is 44.3 Å². The number of hydrogen-bond acceptors (Lipinski definition) is 3. The highest BCUT2D eigenvalue weighted by atomic mass is 35.5. The first kappa shape index (κ1) is 15.1. The summed E-state index contributed by atoms with van der Waals surface area (Å²) >= 11 is 0. The quantitative estimate of drug-likeness (QED) is 0.396. The van der Waals surface area contributed by atoms with Gasteiger partial charge in [0, 0.05) is 27.7 Å². The lowest BCUT2D eigenvalue weighted by molar-refractivity contribution is 1.49. The van der Waals surface area contributed by atoms with Crippen LogP contribution in [0.15, 0.2) is 66.7 Å². The molecular weight excluding hydrogens is 306 g/mol. The average molecular weight is 322 g/mol. The summed E-state index contributed by atoms with van der Waals surface area (Å²) in [6.45, 7) is 0. The van der Waals surface area contributed by atoms with E-state index in [-0.39, 0.29) is 12.4 Å². The zero-order valence-electron chi connectivity index (χ0n) is 12.4. The van der Waals surface area contributed by atoms with Gasteiger partial charge in [0.05, 0.1) is 11.0 Å². The minimum absolute atomic E-state index is 0. The molecule has 23 heavy (non-hydrogen) atoms. The van der Waals surface area contributed by atoms with Crippen LogP contribution in [-0.2, 0) is 0 Å². The average Bonchev–Trinajstić information content (AvgIpc) is 2.54. The van der Waals surface area contributed by atoms with Crippen LogP contribution < -0.4 is 11.5 Å². The van der Waals surface area contributed by atoms with Gasteiger partial charge in [-0.05, 0) is 42.0 Å². The molecule has 4 aromatic rings. The number of nitrogens with two attached hydrogens (primary N) is 2. The van der Waals surface area contributed by atoms with E-state index in [0.29, 0.717) is 0 Å². The van der Waals surface area contributed by atoms with Gasteiger partial charge >= 0.3 is 0 Å². The van der Waals surface area contributed by atoms with Crippen LogP contribution in [0, 0.1) is 0 Å². The van der Waals surface area contributed by atoms with Crippen molar-refractivity contribution in [1.29, 1.82) is 0 Å². The van der Waals surface area contributed by atoms with Crippen molar-refractivity contribution in [3.63, 3.8) is 0 Å². The van der Waals surface area contributed by atoms with Gasteiger partial charge in [0.25, 0.3) is 0 Å². The maximum Gasteiger partial charge on any atom is 0.0717 e. The second kappa shape index (κ2) is 5.78. The zero-order valence-corrected chi connectivity index (χ0v) is 13.2. The van der Waals surface area contributed by atoms with Crippen molar-refractivity contribution in [2.45, 2.75) is 0 Å². The number of aromatic nitrogens is 1. The zero-order chi connectivity index (χ0) is 15.1. The molecule has 0 radical (unpaired) electrons. The second-order valence-electron chi connectivity index (χ2n) is 5.41. The van der Waals surface area contributed by atoms with Gasteiger partial charge in [-0.25, -0.2) is 4.98 Å². The number of hydrogen-bond donors (Lipinski definition) is 2. The monoisotopic (exact) mass is 321 g/mol. The Bertz CT molecular complexity index is 937. The van der Waals surface area contributed by atoms with E-state index < -0.39 is 0 Å².